The van der Waals surface area contributed by atoms with E-state index in [1.807, 2.05) is 36.4 Å². The average molecular weight is 377 g/mol. The van der Waals surface area contributed by atoms with Gasteiger partial charge >= 0.3 is 0 Å². The lowest BCUT2D eigenvalue weighted by Gasteiger charge is -2.06. The Morgan fingerprint density at radius 1 is 1.14 bits per heavy atom. The molecule has 0 aliphatic carbocycles. The van der Waals surface area contributed by atoms with Gasteiger partial charge in [-0.2, -0.15) is 5.10 Å². The molecule has 7 nitrogen and oxygen atoms in total. The Morgan fingerprint density at radius 3 is 2.86 bits per heavy atom. The first-order chi connectivity index (χ1) is 13.7. The Bertz CT molecular complexity index is 1100. The van der Waals surface area contributed by atoms with Crippen LogP contribution in [0, 0.1) is 0 Å². The third kappa shape index (κ3) is 4.05. The van der Waals surface area contributed by atoms with Crippen LogP contribution < -0.4 is 10.1 Å². The number of carbonyl (C=O) groups is 1. The van der Waals surface area contributed by atoms with Gasteiger partial charge in [0.2, 0.25) is 0 Å². The minimum absolute atomic E-state index is 0.205. The summed E-state index contributed by atoms with van der Waals surface area (Å²) in [6.07, 6.45) is 3.22. The Hall–Kier alpha value is -3.58. The molecule has 0 saturated carbocycles. The number of anilines is 1. The number of hydrogen-bond donors (Lipinski definition) is 1. The normalized spacial score (nSPS) is 10.9. The second kappa shape index (κ2) is 7.98. The van der Waals surface area contributed by atoms with Crippen LogP contribution in [0.4, 0.5) is 5.69 Å². The fraction of sp³-hybridized carbons (Fsp3) is 0.143. The molecule has 0 unspecified atom stereocenters. The largest absolute Gasteiger partial charge is 0.486 e. The van der Waals surface area contributed by atoms with E-state index >= 15 is 0 Å². The highest BCUT2D eigenvalue weighted by Gasteiger charge is 2.13. The minimum atomic E-state index is -0.353. The lowest BCUT2D eigenvalue weighted by molar-refractivity contribution is 0.0992. The highest BCUT2D eigenvalue weighted by atomic mass is 16.5. The molecule has 7 heteroatoms. The lowest BCUT2D eigenvalue weighted by atomic mass is 10.1. The number of furan rings is 1. The van der Waals surface area contributed by atoms with Crippen molar-refractivity contribution in [2.45, 2.75) is 13.3 Å². The molecule has 4 rings (SSSR count). The number of aromatic nitrogens is 2. The van der Waals surface area contributed by atoms with Gasteiger partial charge in [0.25, 0.3) is 5.91 Å². The van der Waals surface area contributed by atoms with Crippen molar-refractivity contribution in [3.63, 3.8) is 0 Å². The predicted molar refractivity (Wildman–Crippen MR) is 104 cm³/mol. The van der Waals surface area contributed by atoms with E-state index in [0.717, 1.165) is 16.5 Å². The minimum Gasteiger partial charge on any atom is -0.486 e. The number of carbonyl (C=O) groups excluding carboxylic acids is 1. The monoisotopic (exact) mass is 377 g/mol. The van der Waals surface area contributed by atoms with Gasteiger partial charge in [0.05, 0.1) is 18.1 Å². The summed E-state index contributed by atoms with van der Waals surface area (Å²) in [5, 5.41) is 9.06. The predicted octanol–water partition coefficient (Wildman–Crippen LogP) is 4.06. The van der Waals surface area contributed by atoms with E-state index in [2.05, 4.69) is 16.5 Å². The molecule has 0 radical (unpaired) electrons. The summed E-state index contributed by atoms with van der Waals surface area (Å²) in [6.45, 7) is 0.546. The fourth-order valence-corrected chi connectivity index (χ4v) is 2.81. The van der Waals surface area contributed by atoms with Crippen molar-refractivity contribution in [1.82, 2.24) is 9.78 Å². The highest BCUT2D eigenvalue weighted by molar-refractivity contribution is 6.02. The van der Waals surface area contributed by atoms with Crippen molar-refractivity contribution < 1.29 is 18.7 Å². The Morgan fingerprint density at radius 2 is 2.00 bits per heavy atom. The third-order valence-corrected chi connectivity index (χ3v) is 4.14. The Balaban J connectivity index is 1.37. The van der Waals surface area contributed by atoms with Crippen molar-refractivity contribution in [3.05, 3.63) is 78.5 Å². The zero-order valence-electron chi connectivity index (χ0n) is 15.3. The van der Waals surface area contributed by atoms with Crippen molar-refractivity contribution in [2.24, 2.45) is 0 Å². The summed E-state index contributed by atoms with van der Waals surface area (Å²) < 4.78 is 17.9. The molecule has 2 aromatic carbocycles. The van der Waals surface area contributed by atoms with Crippen molar-refractivity contribution in [3.8, 4) is 5.75 Å². The van der Waals surface area contributed by atoms with E-state index in [9.17, 15) is 4.79 Å². The van der Waals surface area contributed by atoms with E-state index in [4.69, 9.17) is 13.9 Å². The van der Waals surface area contributed by atoms with Crippen molar-refractivity contribution >= 4 is 22.4 Å². The first-order valence-corrected chi connectivity index (χ1v) is 8.74. The number of rotatable bonds is 7. The average Bonchev–Trinajstić information content (AvgIpc) is 3.36. The molecule has 28 heavy (non-hydrogen) atoms. The smallest absolute Gasteiger partial charge is 0.291 e. The molecule has 1 amide bonds. The first-order valence-electron chi connectivity index (χ1n) is 8.74. The number of nitrogens with zero attached hydrogens (tertiary/aromatic N) is 2. The SMILES string of the molecule is COCn1cc(NC(=O)c2ccc(COc3ccc4ccccc4c3)o2)cn1. The summed E-state index contributed by atoms with van der Waals surface area (Å²) in [5.41, 5.74) is 0.562. The van der Waals surface area contributed by atoms with Crippen molar-refractivity contribution in [2.75, 3.05) is 12.4 Å². The van der Waals surface area contributed by atoms with Crippen LogP contribution >= 0.6 is 0 Å². The molecule has 0 bridgehead atoms. The molecule has 0 atom stereocenters. The van der Waals surface area contributed by atoms with Crippen LogP contribution in [-0.2, 0) is 18.1 Å². The summed E-state index contributed by atoms with van der Waals surface area (Å²) in [7, 11) is 1.57. The van der Waals surface area contributed by atoms with Crippen LogP contribution in [0.5, 0.6) is 5.75 Å². The topological polar surface area (TPSA) is 78.5 Å². The molecule has 1 N–H and O–H groups in total. The fourth-order valence-electron chi connectivity index (χ4n) is 2.81. The van der Waals surface area contributed by atoms with Gasteiger partial charge in [-0.1, -0.05) is 30.3 Å². The first kappa shape index (κ1) is 17.8. The zero-order chi connectivity index (χ0) is 19.3. The molecule has 0 fully saturated rings. The van der Waals surface area contributed by atoms with E-state index < -0.39 is 0 Å². The van der Waals surface area contributed by atoms with Gasteiger partial charge in [-0.05, 0) is 35.0 Å². The standard InChI is InChI=1S/C21H19N3O4/c1-26-14-24-12-17(11-22-24)23-21(25)20-9-8-19(28-20)13-27-18-7-6-15-4-2-3-5-16(15)10-18/h2-12H,13-14H2,1H3,(H,23,25). The maximum absolute atomic E-state index is 12.3. The molecular weight excluding hydrogens is 358 g/mol. The number of amides is 1. The summed E-state index contributed by atoms with van der Waals surface area (Å²) in [6, 6.07) is 17.3. The number of ether oxygens (including phenoxy) is 2. The van der Waals surface area contributed by atoms with Gasteiger partial charge in [0.1, 0.15) is 24.8 Å². The van der Waals surface area contributed by atoms with E-state index in [-0.39, 0.29) is 18.3 Å². The van der Waals surface area contributed by atoms with Gasteiger partial charge in [-0.15, -0.1) is 0 Å². The second-order valence-electron chi connectivity index (χ2n) is 6.20. The highest BCUT2D eigenvalue weighted by Crippen LogP contribution is 2.22. The number of fused-ring (bicyclic) bond motifs is 1. The van der Waals surface area contributed by atoms with Crippen LogP contribution in [0.15, 0.2) is 71.4 Å². The second-order valence-corrected chi connectivity index (χ2v) is 6.20. The van der Waals surface area contributed by atoms with Gasteiger partial charge in [0, 0.05) is 7.11 Å². The molecule has 4 aromatic rings. The Kier molecular flexibility index (Phi) is 5.07. The van der Waals surface area contributed by atoms with Gasteiger partial charge < -0.3 is 19.2 Å². The number of hydrogen-bond acceptors (Lipinski definition) is 5. The number of methoxy groups -OCH3 is 1. The van der Waals surface area contributed by atoms with E-state index in [1.54, 1.807) is 36.3 Å². The van der Waals surface area contributed by atoms with E-state index in [1.165, 1.54) is 0 Å². The molecule has 0 aliphatic rings. The summed E-state index contributed by atoms with van der Waals surface area (Å²) >= 11 is 0. The number of nitrogens with one attached hydrogen (secondary N) is 1. The quantitative estimate of drug-likeness (QED) is 0.525. The van der Waals surface area contributed by atoms with Crippen LogP contribution in [0.25, 0.3) is 10.8 Å². The maximum atomic E-state index is 12.3. The van der Waals surface area contributed by atoms with Gasteiger partial charge in [0.15, 0.2) is 5.76 Å². The summed E-state index contributed by atoms with van der Waals surface area (Å²) in [5.74, 6) is 1.16. The van der Waals surface area contributed by atoms with Gasteiger partial charge in [-0.25, -0.2) is 4.68 Å². The lowest BCUT2D eigenvalue weighted by Crippen LogP contribution is -2.10. The molecule has 142 valence electrons. The van der Waals surface area contributed by atoms with Crippen LogP contribution in [-0.4, -0.2) is 22.8 Å². The molecule has 0 aliphatic heterocycles. The molecule has 2 heterocycles. The number of benzene rings is 2. The Labute approximate surface area is 161 Å². The van der Waals surface area contributed by atoms with Crippen LogP contribution in [0.3, 0.4) is 0 Å². The molecule has 0 spiro atoms. The maximum Gasteiger partial charge on any atom is 0.291 e. The molecule has 0 saturated heterocycles. The van der Waals surface area contributed by atoms with Crippen molar-refractivity contribution in [1.29, 1.82) is 0 Å². The van der Waals surface area contributed by atoms with Crippen LogP contribution in [0.1, 0.15) is 16.3 Å². The van der Waals surface area contributed by atoms with Crippen LogP contribution in [0.2, 0.25) is 0 Å². The third-order valence-electron chi connectivity index (χ3n) is 4.14. The zero-order valence-corrected chi connectivity index (χ0v) is 15.3. The van der Waals surface area contributed by atoms with E-state index in [0.29, 0.717) is 18.2 Å². The summed E-state index contributed by atoms with van der Waals surface area (Å²) in [4.78, 5) is 12.3. The molecular formula is C21H19N3O4. The van der Waals surface area contributed by atoms with Gasteiger partial charge in [-0.3, -0.25) is 4.79 Å². The molecule has 2 aromatic heterocycles.